The quantitative estimate of drug-likeness (QED) is 0.436. The van der Waals surface area contributed by atoms with Gasteiger partial charge in [-0.2, -0.15) is 15.1 Å². The topological polar surface area (TPSA) is 134 Å². The third-order valence-electron chi connectivity index (χ3n) is 4.37. The molecule has 0 unspecified atom stereocenters. The van der Waals surface area contributed by atoms with Crippen molar-refractivity contribution in [2.75, 3.05) is 7.11 Å². The van der Waals surface area contributed by atoms with Crippen LogP contribution in [0, 0.1) is 15.5 Å². The van der Waals surface area contributed by atoms with E-state index in [9.17, 15) is 14.9 Å². The number of furan rings is 1. The van der Waals surface area contributed by atoms with Crippen molar-refractivity contribution in [1.29, 1.82) is 5.41 Å². The monoisotopic (exact) mass is 425 g/mol. The van der Waals surface area contributed by atoms with Gasteiger partial charge in [-0.15, -0.1) is 0 Å². The average Bonchev–Trinajstić information content (AvgIpc) is 3.37. The van der Waals surface area contributed by atoms with Crippen LogP contribution in [0.1, 0.15) is 19.1 Å². The van der Waals surface area contributed by atoms with E-state index in [1.807, 2.05) is 6.92 Å². The fourth-order valence-corrected chi connectivity index (χ4v) is 3.71. The van der Waals surface area contributed by atoms with Gasteiger partial charge in [0, 0.05) is 6.07 Å². The first-order chi connectivity index (χ1) is 14.4. The van der Waals surface area contributed by atoms with Crippen molar-refractivity contribution < 1.29 is 18.9 Å². The number of fused-ring (bicyclic) bond motifs is 1. The number of non-ortho nitro benzene ring substituents is 1. The maximum Gasteiger partial charge on any atom is 0.283 e. The van der Waals surface area contributed by atoms with E-state index in [1.165, 1.54) is 48.2 Å². The van der Waals surface area contributed by atoms with Crippen LogP contribution in [0.2, 0.25) is 0 Å². The van der Waals surface area contributed by atoms with Gasteiger partial charge in [-0.1, -0.05) is 6.92 Å². The summed E-state index contributed by atoms with van der Waals surface area (Å²) in [5, 5.41) is 26.1. The van der Waals surface area contributed by atoms with Crippen LogP contribution in [0.15, 0.2) is 50.4 Å². The average molecular weight is 425 g/mol. The van der Waals surface area contributed by atoms with E-state index in [-0.39, 0.29) is 22.8 Å². The Kier molecular flexibility index (Phi) is 4.96. The minimum atomic E-state index is -0.544. The van der Waals surface area contributed by atoms with Gasteiger partial charge in [-0.05, 0) is 42.5 Å². The number of carbonyl (C=O) groups excluding carboxylic acids is 1. The second-order valence-corrected chi connectivity index (χ2v) is 7.25. The van der Waals surface area contributed by atoms with E-state index < -0.39 is 10.8 Å². The van der Waals surface area contributed by atoms with Crippen LogP contribution in [0.4, 0.5) is 5.69 Å². The van der Waals surface area contributed by atoms with Gasteiger partial charge in [0.05, 0.1) is 29.2 Å². The summed E-state index contributed by atoms with van der Waals surface area (Å²) in [5.74, 6) is 0.382. The molecule has 0 fully saturated rings. The van der Waals surface area contributed by atoms with E-state index >= 15 is 0 Å². The summed E-state index contributed by atoms with van der Waals surface area (Å²) in [5.41, 5.74) is 0.471. The van der Waals surface area contributed by atoms with E-state index in [0.717, 1.165) is 5.04 Å². The number of nitro groups is 1. The van der Waals surface area contributed by atoms with Gasteiger partial charge >= 0.3 is 0 Å². The third kappa shape index (κ3) is 3.39. The minimum absolute atomic E-state index is 0.0528. The molecule has 152 valence electrons. The van der Waals surface area contributed by atoms with Crippen molar-refractivity contribution in [3.05, 3.63) is 51.8 Å². The molecular weight excluding hydrogens is 410 g/mol. The molecule has 0 radical (unpaired) electrons. The molecular formula is C19H15N5O5S. The van der Waals surface area contributed by atoms with Crippen LogP contribution < -0.4 is 4.74 Å². The first-order valence-electron chi connectivity index (χ1n) is 8.83. The van der Waals surface area contributed by atoms with Crippen molar-refractivity contribution in [2.45, 2.75) is 13.3 Å². The number of methoxy groups -OCH3 is 1. The van der Waals surface area contributed by atoms with Crippen LogP contribution >= 0.6 is 11.8 Å². The van der Waals surface area contributed by atoms with Crippen molar-refractivity contribution in [3.8, 4) is 17.1 Å². The highest BCUT2D eigenvalue weighted by Gasteiger charge is 2.35. The van der Waals surface area contributed by atoms with Gasteiger partial charge in [0.1, 0.15) is 22.3 Å². The number of nitrogens with zero attached hydrogens (tertiary/aromatic N) is 4. The molecule has 0 spiro atoms. The summed E-state index contributed by atoms with van der Waals surface area (Å²) in [6.45, 7) is 1.93. The summed E-state index contributed by atoms with van der Waals surface area (Å²) in [7, 11) is 1.41. The Balaban J connectivity index is 1.66. The summed E-state index contributed by atoms with van der Waals surface area (Å²) in [6, 6.07) is 7.47. The van der Waals surface area contributed by atoms with E-state index in [0.29, 0.717) is 28.7 Å². The molecule has 0 bridgehead atoms. The van der Waals surface area contributed by atoms with Gasteiger partial charge < -0.3 is 9.15 Å². The van der Waals surface area contributed by atoms with Gasteiger partial charge in [-0.25, -0.2) is 0 Å². The maximum absolute atomic E-state index is 12.4. The van der Waals surface area contributed by atoms with Crippen LogP contribution in [0.5, 0.6) is 5.75 Å². The summed E-state index contributed by atoms with van der Waals surface area (Å²) in [6.07, 6.45) is 2.11. The van der Waals surface area contributed by atoms with Crippen molar-refractivity contribution in [1.82, 2.24) is 5.01 Å². The molecule has 2 aliphatic heterocycles. The normalized spacial score (nSPS) is 17.1. The molecule has 10 nitrogen and oxygen atoms in total. The fraction of sp³-hybridized carbons (Fsp3) is 0.158. The molecule has 1 aromatic heterocycles. The number of benzene rings is 1. The lowest BCUT2D eigenvalue weighted by atomic mass is 10.1. The number of hydrogen-bond acceptors (Lipinski definition) is 8. The van der Waals surface area contributed by atoms with Crippen LogP contribution in [0.25, 0.3) is 17.4 Å². The molecule has 0 saturated carbocycles. The second kappa shape index (κ2) is 7.59. The van der Waals surface area contributed by atoms with Crippen LogP contribution in [0.3, 0.4) is 0 Å². The summed E-state index contributed by atoms with van der Waals surface area (Å²) in [4.78, 5) is 26.9. The molecule has 1 aromatic carbocycles. The van der Waals surface area contributed by atoms with Crippen molar-refractivity contribution in [3.63, 3.8) is 0 Å². The SMILES string of the molecule is CCC1=NN2C(=N)C(=Cc3ccc(-c4ccc([N+](=O)[O-])cc4OC)o3)C(=O)N=C2S1. The third-order valence-corrected chi connectivity index (χ3v) is 5.43. The highest BCUT2D eigenvalue weighted by atomic mass is 32.2. The van der Waals surface area contributed by atoms with Crippen molar-refractivity contribution >= 4 is 45.5 Å². The standard InChI is InChI=1S/C19H15N5O5S/c1-3-16-22-23-17(20)13(18(25)21-19(23)30-16)9-11-5-7-14(29-11)12-6-4-10(24(26)27)8-15(12)28-2/h4-9,20H,3H2,1-2H3. The molecule has 2 aliphatic rings. The number of amides is 1. The van der Waals surface area contributed by atoms with E-state index in [4.69, 9.17) is 14.6 Å². The number of aliphatic imine (C=N–C) groups is 1. The Morgan fingerprint density at radius 1 is 1.37 bits per heavy atom. The number of hydrazone groups is 1. The molecule has 0 aliphatic carbocycles. The van der Waals surface area contributed by atoms with Crippen molar-refractivity contribution in [2.24, 2.45) is 10.1 Å². The zero-order chi connectivity index (χ0) is 21.4. The zero-order valence-corrected chi connectivity index (χ0v) is 16.7. The van der Waals surface area contributed by atoms with Gasteiger partial charge in [0.2, 0.25) is 5.17 Å². The number of ether oxygens (including phenoxy) is 1. The molecule has 0 atom stereocenters. The molecule has 2 aromatic rings. The molecule has 1 N–H and O–H groups in total. The van der Waals surface area contributed by atoms with E-state index in [1.54, 1.807) is 12.1 Å². The highest BCUT2D eigenvalue weighted by molar-refractivity contribution is 8.26. The van der Waals surface area contributed by atoms with Crippen LogP contribution in [-0.4, -0.2) is 39.0 Å². The Morgan fingerprint density at radius 2 is 2.17 bits per heavy atom. The lowest BCUT2D eigenvalue weighted by Crippen LogP contribution is -2.35. The lowest BCUT2D eigenvalue weighted by Gasteiger charge is -2.19. The van der Waals surface area contributed by atoms with Gasteiger partial charge in [0.25, 0.3) is 11.6 Å². The molecule has 4 rings (SSSR count). The molecule has 30 heavy (non-hydrogen) atoms. The number of thioether (sulfide) groups is 1. The minimum Gasteiger partial charge on any atom is -0.496 e. The first kappa shape index (κ1) is 19.6. The molecule has 0 saturated heterocycles. The zero-order valence-electron chi connectivity index (χ0n) is 15.9. The predicted octanol–water partition coefficient (Wildman–Crippen LogP) is 3.89. The first-order valence-corrected chi connectivity index (χ1v) is 9.64. The largest absolute Gasteiger partial charge is 0.496 e. The number of carbonyl (C=O) groups is 1. The number of hydrogen-bond donors (Lipinski definition) is 1. The van der Waals surface area contributed by atoms with Gasteiger partial charge in [0.15, 0.2) is 5.84 Å². The number of nitro benzene ring substituents is 1. The molecule has 3 heterocycles. The molecule has 11 heteroatoms. The highest BCUT2D eigenvalue weighted by Crippen LogP contribution is 2.35. The maximum atomic E-state index is 12.4. The summed E-state index contributed by atoms with van der Waals surface area (Å²) >= 11 is 1.27. The fourth-order valence-electron chi connectivity index (χ4n) is 2.89. The Bertz CT molecular complexity index is 1180. The number of amidine groups is 2. The van der Waals surface area contributed by atoms with E-state index in [2.05, 4.69) is 10.1 Å². The second-order valence-electron chi connectivity index (χ2n) is 6.21. The number of nitrogens with one attached hydrogen (secondary N) is 1. The molecule has 1 amide bonds. The van der Waals surface area contributed by atoms with Crippen LogP contribution in [-0.2, 0) is 4.79 Å². The predicted molar refractivity (Wildman–Crippen MR) is 113 cm³/mol. The lowest BCUT2D eigenvalue weighted by molar-refractivity contribution is -0.384. The Hall–Kier alpha value is -3.73. The Morgan fingerprint density at radius 3 is 2.87 bits per heavy atom. The number of rotatable bonds is 5. The Labute approximate surface area is 174 Å². The summed E-state index contributed by atoms with van der Waals surface area (Å²) < 4.78 is 11.0. The van der Waals surface area contributed by atoms with Gasteiger partial charge in [-0.3, -0.25) is 20.3 Å². The smallest absolute Gasteiger partial charge is 0.283 e.